The van der Waals surface area contributed by atoms with E-state index >= 15 is 0 Å². The smallest absolute Gasteiger partial charge is 0.325 e. The number of aromatic nitrogens is 1. The van der Waals surface area contributed by atoms with Crippen molar-refractivity contribution in [2.24, 2.45) is 0 Å². The third-order valence-corrected chi connectivity index (χ3v) is 6.56. The van der Waals surface area contributed by atoms with Crippen molar-refractivity contribution in [1.29, 1.82) is 0 Å². The average molecular weight is 472 g/mol. The third-order valence-electron chi connectivity index (χ3n) is 6.56. The molecule has 0 saturated carbocycles. The van der Waals surface area contributed by atoms with Gasteiger partial charge in [0.15, 0.2) is 0 Å². The number of anilines is 1. The molecule has 0 aliphatic carbocycles. The molecule has 1 aliphatic rings. The number of carboxylic acid groups (broad SMARTS) is 1. The van der Waals surface area contributed by atoms with Crippen LogP contribution in [0.3, 0.4) is 0 Å². The summed E-state index contributed by atoms with van der Waals surface area (Å²) in [5, 5.41) is 11.1. The maximum atomic E-state index is 12.4. The van der Waals surface area contributed by atoms with Crippen LogP contribution in [0, 0.1) is 0 Å². The van der Waals surface area contributed by atoms with Crippen LogP contribution >= 0.6 is 0 Å². The van der Waals surface area contributed by atoms with Gasteiger partial charge >= 0.3 is 5.97 Å². The second-order valence-electron chi connectivity index (χ2n) is 8.69. The van der Waals surface area contributed by atoms with Gasteiger partial charge in [-0.3, -0.25) is 9.69 Å². The standard InChI is InChI=1S/C28H29N3O4/c1-34-22-9-5-8-21(16-22)30-12-14-31(15-13-30)27(28(32)33)25-18-29-26-17-23(10-11-24(25)26)35-19-20-6-3-2-4-7-20/h2-11,16-18,27,29H,12-15,19H2,1H3,(H,32,33). The van der Waals surface area contributed by atoms with Crippen LogP contribution in [-0.4, -0.2) is 54.2 Å². The first-order chi connectivity index (χ1) is 17.1. The minimum atomic E-state index is -0.842. The molecule has 1 unspecified atom stereocenters. The number of methoxy groups -OCH3 is 1. The average Bonchev–Trinajstić information content (AvgIpc) is 3.31. The zero-order valence-corrected chi connectivity index (χ0v) is 19.7. The molecular formula is C28H29N3O4. The van der Waals surface area contributed by atoms with Gasteiger partial charge in [-0.1, -0.05) is 36.4 Å². The van der Waals surface area contributed by atoms with Crippen molar-refractivity contribution in [3.05, 3.63) is 90.1 Å². The number of rotatable bonds is 8. The van der Waals surface area contributed by atoms with Gasteiger partial charge in [-0.05, 0) is 29.8 Å². The van der Waals surface area contributed by atoms with E-state index in [1.54, 1.807) is 7.11 Å². The highest BCUT2D eigenvalue weighted by molar-refractivity contribution is 5.90. The Bertz CT molecular complexity index is 1300. The molecular weight excluding hydrogens is 442 g/mol. The number of carboxylic acids is 1. The van der Waals surface area contributed by atoms with Crippen LogP contribution in [-0.2, 0) is 11.4 Å². The van der Waals surface area contributed by atoms with Gasteiger partial charge in [0, 0.05) is 66.7 Å². The SMILES string of the molecule is COc1cccc(N2CCN(C(C(=O)O)c3c[nH]c4cc(OCc5ccccc5)ccc34)CC2)c1. The Morgan fingerprint density at radius 2 is 1.77 bits per heavy atom. The number of fused-ring (bicyclic) bond motifs is 1. The van der Waals surface area contributed by atoms with Gasteiger partial charge < -0.3 is 24.5 Å². The lowest BCUT2D eigenvalue weighted by molar-refractivity contribution is -0.143. The van der Waals surface area contributed by atoms with Crippen LogP contribution in [0.1, 0.15) is 17.2 Å². The van der Waals surface area contributed by atoms with Crippen molar-refractivity contribution in [3.8, 4) is 11.5 Å². The fourth-order valence-corrected chi connectivity index (χ4v) is 4.72. The molecule has 0 amide bonds. The molecule has 0 bridgehead atoms. The summed E-state index contributed by atoms with van der Waals surface area (Å²) in [7, 11) is 1.66. The molecule has 7 heteroatoms. The van der Waals surface area contributed by atoms with Crippen molar-refractivity contribution in [1.82, 2.24) is 9.88 Å². The number of carbonyl (C=O) groups is 1. The molecule has 0 radical (unpaired) electrons. The van der Waals surface area contributed by atoms with Gasteiger partial charge in [-0.2, -0.15) is 0 Å². The minimum Gasteiger partial charge on any atom is -0.497 e. The summed E-state index contributed by atoms with van der Waals surface area (Å²) >= 11 is 0. The lowest BCUT2D eigenvalue weighted by Gasteiger charge is -2.38. The van der Waals surface area contributed by atoms with Crippen LogP contribution in [0.25, 0.3) is 10.9 Å². The molecule has 1 fully saturated rings. The molecule has 35 heavy (non-hydrogen) atoms. The minimum absolute atomic E-state index is 0.481. The van der Waals surface area contributed by atoms with E-state index in [0.717, 1.165) is 52.3 Å². The number of aliphatic carboxylic acids is 1. The molecule has 1 aromatic heterocycles. The lowest BCUT2D eigenvalue weighted by atomic mass is 10.0. The molecule has 4 aromatic rings. The Kier molecular flexibility index (Phi) is 6.59. The zero-order valence-electron chi connectivity index (χ0n) is 19.7. The number of piperazine rings is 1. The van der Waals surface area contributed by atoms with Crippen LogP contribution in [0.4, 0.5) is 5.69 Å². The highest BCUT2D eigenvalue weighted by Crippen LogP contribution is 2.32. The summed E-state index contributed by atoms with van der Waals surface area (Å²) in [5.74, 6) is 0.720. The first kappa shape index (κ1) is 22.8. The Labute approximate surface area is 204 Å². The van der Waals surface area contributed by atoms with Crippen molar-refractivity contribution in [2.75, 3.05) is 38.2 Å². The molecule has 5 rings (SSSR count). The third kappa shape index (κ3) is 4.95. The highest BCUT2D eigenvalue weighted by Gasteiger charge is 2.32. The number of H-pyrrole nitrogens is 1. The number of benzene rings is 3. The van der Waals surface area contributed by atoms with E-state index in [0.29, 0.717) is 19.7 Å². The van der Waals surface area contributed by atoms with Crippen LogP contribution in [0.15, 0.2) is 79.0 Å². The Morgan fingerprint density at radius 1 is 0.971 bits per heavy atom. The normalized spacial score (nSPS) is 15.2. The number of hydrogen-bond donors (Lipinski definition) is 2. The Balaban J connectivity index is 1.30. The maximum absolute atomic E-state index is 12.4. The zero-order chi connectivity index (χ0) is 24.2. The van der Waals surface area contributed by atoms with E-state index in [4.69, 9.17) is 9.47 Å². The first-order valence-corrected chi connectivity index (χ1v) is 11.8. The summed E-state index contributed by atoms with van der Waals surface area (Å²) in [6.45, 7) is 3.28. The second-order valence-corrected chi connectivity index (χ2v) is 8.69. The predicted molar refractivity (Wildman–Crippen MR) is 136 cm³/mol. The van der Waals surface area contributed by atoms with Gasteiger partial charge in [-0.15, -0.1) is 0 Å². The van der Waals surface area contributed by atoms with Crippen molar-refractivity contribution >= 4 is 22.6 Å². The Morgan fingerprint density at radius 3 is 2.51 bits per heavy atom. The Hall–Kier alpha value is -3.97. The molecule has 2 N–H and O–H groups in total. The van der Waals surface area contributed by atoms with E-state index in [2.05, 4.69) is 16.0 Å². The molecule has 1 saturated heterocycles. The van der Waals surface area contributed by atoms with Crippen molar-refractivity contribution in [3.63, 3.8) is 0 Å². The number of aromatic amines is 1. The van der Waals surface area contributed by atoms with Gasteiger partial charge in [0.05, 0.1) is 7.11 Å². The molecule has 3 aromatic carbocycles. The van der Waals surface area contributed by atoms with Crippen LogP contribution in [0.5, 0.6) is 11.5 Å². The van der Waals surface area contributed by atoms with E-state index in [1.807, 2.05) is 77.8 Å². The monoisotopic (exact) mass is 471 g/mol. The number of ether oxygens (including phenoxy) is 2. The molecule has 0 spiro atoms. The van der Waals surface area contributed by atoms with Crippen LogP contribution < -0.4 is 14.4 Å². The number of nitrogens with zero attached hydrogens (tertiary/aromatic N) is 2. The second kappa shape index (κ2) is 10.1. The largest absolute Gasteiger partial charge is 0.497 e. The van der Waals surface area contributed by atoms with E-state index in [-0.39, 0.29) is 0 Å². The fourth-order valence-electron chi connectivity index (χ4n) is 4.72. The van der Waals surface area contributed by atoms with Crippen LogP contribution in [0.2, 0.25) is 0 Å². The molecule has 2 heterocycles. The molecule has 1 atom stereocenters. The quantitative estimate of drug-likeness (QED) is 0.388. The van der Waals surface area contributed by atoms with E-state index < -0.39 is 12.0 Å². The fraction of sp³-hybridized carbons (Fsp3) is 0.250. The van der Waals surface area contributed by atoms with Gasteiger partial charge in [0.2, 0.25) is 0 Å². The van der Waals surface area contributed by atoms with E-state index in [9.17, 15) is 9.90 Å². The first-order valence-electron chi connectivity index (χ1n) is 11.8. The highest BCUT2D eigenvalue weighted by atomic mass is 16.5. The summed E-state index contributed by atoms with van der Waals surface area (Å²) in [6, 6.07) is 23.1. The van der Waals surface area contributed by atoms with Gasteiger partial charge in [0.25, 0.3) is 0 Å². The predicted octanol–water partition coefficient (Wildman–Crippen LogP) is 4.70. The lowest BCUT2D eigenvalue weighted by Crippen LogP contribution is -2.49. The van der Waals surface area contributed by atoms with Gasteiger partial charge in [0.1, 0.15) is 24.1 Å². The van der Waals surface area contributed by atoms with Crippen molar-refractivity contribution in [2.45, 2.75) is 12.6 Å². The van der Waals surface area contributed by atoms with Crippen molar-refractivity contribution < 1.29 is 19.4 Å². The maximum Gasteiger partial charge on any atom is 0.325 e. The molecule has 1 aliphatic heterocycles. The van der Waals surface area contributed by atoms with Gasteiger partial charge in [-0.25, -0.2) is 0 Å². The summed E-state index contributed by atoms with van der Waals surface area (Å²) in [5.41, 5.74) is 3.83. The number of hydrogen-bond acceptors (Lipinski definition) is 5. The van der Waals surface area contributed by atoms with E-state index in [1.165, 1.54) is 0 Å². The summed E-state index contributed by atoms with van der Waals surface area (Å²) in [6.07, 6.45) is 1.82. The topological polar surface area (TPSA) is 78.0 Å². The molecule has 7 nitrogen and oxygen atoms in total. The summed E-state index contributed by atoms with van der Waals surface area (Å²) in [4.78, 5) is 20.0. The molecule has 180 valence electrons. The number of nitrogens with one attached hydrogen (secondary N) is 1. The summed E-state index contributed by atoms with van der Waals surface area (Å²) < 4.78 is 11.3.